The fourth-order valence-corrected chi connectivity index (χ4v) is 4.12. The van der Waals surface area contributed by atoms with Crippen LogP contribution in [0.25, 0.3) is 0 Å². The molecule has 2 aliphatic heterocycles. The van der Waals surface area contributed by atoms with Gasteiger partial charge in [-0.15, -0.1) is 11.8 Å². The molecule has 2 N–H and O–H groups in total. The Morgan fingerprint density at radius 1 is 1.67 bits per heavy atom. The van der Waals surface area contributed by atoms with E-state index in [9.17, 15) is 14.4 Å². The molecular weight excluding hydrogens is 280 g/mol. The summed E-state index contributed by atoms with van der Waals surface area (Å²) in [6, 6.07) is 0. The molecule has 1 saturated heterocycles. The van der Waals surface area contributed by atoms with Gasteiger partial charge < -0.3 is 5.11 Å². The number of carboxylic acid groups (broad SMARTS) is 1. The summed E-state index contributed by atoms with van der Waals surface area (Å²) in [5, 5.41) is 8.96. The van der Waals surface area contributed by atoms with E-state index in [1.54, 1.807) is 0 Å². The van der Waals surface area contributed by atoms with Crippen LogP contribution in [0.15, 0.2) is 9.93 Å². The molecule has 0 saturated carbocycles. The second-order valence-corrected chi connectivity index (χ2v) is 5.93. The van der Waals surface area contributed by atoms with Gasteiger partial charge in [0, 0.05) is 0 Å². The van der Waals surface area contributed by atoms with Crippen molar-refractivity contribution in [1.29, 1.82) is 0 Å². The Kier molecular flexibility index (Phi) is 3.83. The minimum Gasteiger partial charge on any atom is -0.477 e. The maximum Gasteiger partial charge on any atom is 0.354 e. The first-order valence-corrected chi connectivity index (χ1v) is 6.82. The quantitative estimate of drug-likeness (QED) is 0.541. The van der Waals surface area contributed by atoms with E-state index in [1.165, 1.54) is 23.8 Å². The van der Waals surface area contributed by atoms with E-state index < -0.39 is 5.97 Å². The summed E-state index contributed by atoms with van der Waals surface area (Å²) < 4.78 is 0.490. The molecule has 0 unspecified atom stereocenters. The lowest BCUT2D eigenvalue weighted by Gasteiger charge is -2.33. The van der Waals surface area contributed by atoms with Gasteiger partial charge in [0.2, 0.25) is 5.91 Å². The molecule has 0 aromatic carbocycles. The molecule has 2 rings (SSSR count). The van der Waals surface area contributed by atoms with Crippen LogP contribution >= 0.6 is 23.5 Å². The van der Waals surface area contributed by atoms with Crippen molar-refractivity contribution >= 4 is 41.3 Å². The van der Waals surface area contributed by atoms with Crippen LogP contribution in [0.2, 0.25) is 0 Å². The first kappa shape index (κ1) is 13.2. The van der Waals surface area contributed by atoms with E-state index in [4.69, 9.17) is 5.11 Å². The van der Waals surface area contributed by atoms with Crippen LogP contribution in [0, 0.1) is 0 Å². The zero-order valence-corrected chi connectivity index (χ0v) is 11.0. The molecule has 0 aliphatic carbocycles. The number of aliphatic carboxylic acids is 1. The van der Waals surface area contributed by atoms with Gasteiger partial charge in [-0.3, -0.25) is 19.3 Å². The van der Waals surface area contributed by atoms with Crippen molar-refractivity contribution in [3.63, 3.8) is 0 Å². The number of hydroxylamine groups is 1. The zero-order chi connectivity index (χ0) is 13.3. The largest absolute Gasteiger partial charge is 0.477 e. The number of carbonyl (C=O) groups is 3. The second kappa shape index (κ2) is 5.21. The van der Waals surface area contributed by atoms with Gasteiger partial charge >= 0.3 is 5.97 Å². The van der Waals surface area contributed by atoms with E-state index in [2.05, 4.69) is 10.3 Å². The minimum absolute atomic E-state index is 0.0172. The molecule has 2 aliphatic rings. The first-order chi connectivity index (χ1) is 8.54. The number of amides is 2. The Labute approximate surface area is 111 Å². The molecule has 2 amide bonds. The number of hydrogen-bond donors (Lipinski definition) is 2. The number of rotatable bonds is 5. The third-order valence-corrected chi connectivity index (χ3v) is 4.90. The summed E-state index contributed by atoms with van der Waals surface area (Å²) in [6.07, 6.45) is 0.343. The van der Waals surface area contributed by atoms with Gasteiger partial charge in [-0.2, -0.15) is 0 Å². The van der Waals surface area contributed by atoms with Crippen LogP contribution in [0.5, 0.6) is 0 Å². The van der Waals surface area contributed by atoms with Crippen LogP contribution in [0.1, 0.15) is 6.42 Å². The number of nitrogens with zero attached hydrogens (tertiary/aromatic N) is 1. The standard InChI is InChI=1S/C9H10N2O5S2/c1-16-10-4(12)3-17-9-7(8(14)15)11-5(13)2-6(11)18-9/h6H,2-3H2,1H3,(H,10,12)(H,14,15)/t6-/m1/s1. The van der Waals surface area contributed by atoms with Crippen molar-refractivity contribution in [2.24, 2.45) is 0 Å². The number of carboxylic acids is 1. The molecule has 7 nitrogen and oxygen atoms in total. The lowest BCUT2D eigenvalue weighted by molar-refractivity contribution is -0.145. The average molecular weight is 290 g/mol. The summed E-state index contributed by atoms with van der Waals surface area (Å²) >= 11 is 2.40. The summed E-state index contributed by atoms with van der Waals surface area (Å²) in [6.45, 7) is 0. The minimum atomic E-state index is -1.15. The highest BCUT2D eigenvalue weighted by molar-refractivity contribution is 8.23. The molecule has 1 fully saturated rings. The van der Waals surface area contributed by atoms with Crippen LogP contribution in [0.3, 0.4) is 0 Å². The molecule has 2 heterocycles. The Morgan fingerprint density at radius 3 is 2.94 bits per heavy atom. The van der Waals surface area contributed by atoms with Crippen molar-refractivity contribution < 1.29 is 24.3 Å². The Balaban J connectivity index is 2.05. The Bertz CT molecular complexity index is 450. The van der Waals surface area contributed by atoms with Crippen molar-refractivity contribution in [2.45, 2.75) is 11.8 Å². The molecule has 0 aromatic rings. The van der Waals surface area contributed by atoms with E-state index in [0.29, 0.717) is 10.7 Å². The molecule has 0 aromatic heterocycles. The van der Waals surface area contributed by atoms with Gasteiger partial charge in [0.1, 0.15) is 0 Å². The van der Waals surface area contributed by atoms with Crippen LogP contribution in [-0.2, 0) is 19.2 Å². The normalized spacial score (nSPS) is 21.7. The smallest absolute Gasteiger partial charge is 0.354 e. The summed E-state index contributed by atoms with van der Waals surface area (Å²) in [7, 11) is 1.32. The number of thioether (sulfide) groups is 2. The number of fused-ring (bicyclic) bond motifs is 1. The lowest BCUT2D eigenvalue weighted by atomic mass is 10.2. The van der Waals surface area contributed by atoms with Crippen LogP contribution < -0.4 is 5.48 Å². The second-order valence-electron chi connectivity index (χ2n) is 3.50. The maximum absolute atomic E-state index is 11.3. The van der Waals surface area contributed by atoms with Crippen molar-refractivity contribution in [2.75, 3.05) is 12.9 Å². The third-order valence-electron chi connectivity index (χ3n) is 2.34. The third kappa shape index (κ3) is 2.33. The zero-order valence-electron chi connectivity index (χ0n) is 9.34. The van der Waals surface area contributed by atoms with Crippen LogP contribution in [-0.4, -0.2) is 46.0 Å². The van der Waals surface area contributed by atoms with Gasteiger partial charge in [0.25, 0.3) is 5.91 Å². The number of hydrogen-bond acceptors (Lipinski definition) is 6. The summed E-state index contributed by atoms with van der Waals surface area (Å²) in [5.74, 6) is -1.66. The molecule has 0 bridgehead atoms. The van der Waals surface area contributed by atoms with Crippen molar-refractivity contribution in [1.82, 2.24) is 10.4 Å². The topological polar surface area (TPSA) is 95.9 Å². The van der Waals surface area contributed by atoms with Gasteiger partial charge in [0.05, 0.1) is 28.9 Å². The van der Waals surface area contributed by atoms with E-state index in [-0.39, 0.29) is 28.6 Å². The predicted molar refractivity (Wildman–Crippen MR) is 65.1 cm³/mol. The predicted octanol–water partition coefficient (Wildman–Crippen LogP) is -0.0439. The SMILES string of the molecule is CONC(=O)CSC1=C(C(=O)O)N2C(=O)C[C@H]2S1. The lowest BCUT2D eigenvalue weighted by Crippen LogP contribution is -2.48. The van der Waals surface area contributed by atoms with E-state index in [0.717, 1.165) is 11.8 Å². The highest BCUT2D eigenvalue weighted by Gasteiger charge is 2.48. The van der Waals surface area contributed by atoms with Gasteiger partial charge in [0.15, 0.2) is 5.70 Å². The highest BCUT2D eigenvalue weighted by Crippen LogP contribution is 2.50. The molecule has 98 valence electrons. The molecule has 18 heavy (non-hydrogen) atoms. The van der Waals surface area contributed by atoms with Gasteiger partial charge in [-0.05, 0) is 0 Å². The summed E-state index contributed by atoms with van der Waals surface area (Å²) in [4.78, 5) is 39.4. The number of β-lactam (4-membered cyclic amide) rings is 1. The summed E-state index contributed by atoms with van der Waals surface area (Å²) in [5.41, 5.74) is 2.12. The number of carbonyl (C=O) groups excluding carboxylic acids is 2. The van der Waals surface area contributed by atoms with E-state index in [1.807, 2.05) is 0 Å². The Morgan fingerprint density at radius 2 is 2.39 bits per heavy atom. The molecule has 0 radical (unpaired) electrons. The average Bonchev–Trinajstić information content (AvgIpc) is 2.59. The van der Waals surface area contributed by atoms with Crippen molar-refractivity contribution in [3.8, 4) is 0 Å². The molecule has 0 spiro atoms. The van der Waals surface area contributed by atoms with Crippen molar-refractivity contribution in [3.05, 3.63) is 9.93 Å². The van der Waals surface area contributed by atoms with Gasteiger partial charge in [-0.25, -0.2) is 10.3 Å². The fourth-order valence-electron chi connectivity index (χ4n) is 1.60. The monoisotopic (exact) mass is 290 g/mol. The number of nitrogens with one attached hydrogen (secondary N) is 1. The molecule has 9 heteroatoms. The highest BCUT2D eigenvalue weighted by atomic mass is 32.2. The first-order valence-electron chi connectivity index (χ1n) is 4.95. The molecule has 1 atom stereocenters. The van der Waals surface area contributed by atoms with Crippen LogP contribution in [0.4, 0.5) is 0 Å². The molecular formula is C9H10N2O5S2. The van der Waals surface area contributed by atoms with E-state index >= 15 is 0 Å². The maximum atomic E-state index is 11.3. The Hall–Kier alpha value is -1.19. The fraction of sp³-hybridized carbons (Fsp3) is 0.444. The van der Waals surface area contributed by atoms with Gasteiger partial charge in [-0.1, -0.05) is 11.8 Å².